The van der Waals surface area contributed by atoms with Crippen molar-refractivity contribution in [3.05, 3.63) is 10.4 Å². The number of nitrogens with zero attached hydrogens (tertiary/aromatic N) is 3. The second-order valence-electron chi connectivity index (χ2n) is 5.69. The van der Waals surface area contributed by atoms with Gasteiger partial charge < -0.3 is 14.9 Å². The van der Waals surface area contributed by atoms with Crippen LogP contribution in [-0.2, 0) is 4.74 Å². The molecule has 2 N–H and O–H groups in total. The Morgan fingerprint density at radius 1 is 1.41 bits per heavy atom. The van der Waals surface area contributed by atoms with Crippen molar-refractivity contribution in [1.29, 1.82) is 0 Å². The molecule has 0 amide bonds. The van der Waals surface area contributed by atoms with Gasteiger partial charge in [-0.25, -0.2) is 0 Å². The van der Waals surface area contributed by atoms with Crippen molar-refractivity contribution < 1.29 is 14.9 Å². The third-order valence-corrected chi connectivity index (χ3v) is 3.31. The van der Waals surface area contributed by atoms with E-state index >= 15 is 0 Å². The molecule has 0 spiro atoms. The molecule has 1 rings (SSSR count). The fraction of sp³-hybridized carbons (Fsp3) is 1.00. The van der Waals surface area contributed by atoms with Crippen LogP contribution in [0, 0.1) is 11.3 Å². The Kier molecular flexibility index (Phi) is 4.38. The van der Waals surface area contributed by atoms with Crippen molar-refractivity contribution in [3.8, 4) is 0 Å². The van der Waals surface area contributed by atoms with Crippen LogP contribution in [0.2, 0.25) is 0 Å². The Bertz CT molecular complexity index is 308. The van der Waals surface area contributed by atoms with E-state index in [1.165, 1.54) is 0 Å². The van der Waals surface area contributed by atoms with Gasteiger partial charge in [0.05, 0.1) is 31.0 Å². The highest BCUT2D eigenvalue weighted by Gasteiger charge is 2.46. The number of aliphatic hydroxyl groups excluding tert-OH is 2. The van der Waals surface area contributed by atoms with E-state index in [1.807, 2.05) is 27.7 Å². The standard InChI is InChI=1S/C11H21N3O3/c1-6-8(13-14-12)7(5-15)17-10(9(6)16)11(2,3)4/h6-10,15-16H,5H2,1-4H3. The zero-order chi connectivity index (χ0) is 13.2. The highest BCUT2D eigenvalue weighted by atomic mass is 16.5. The summed E-state index contributed by atoms with van der Waals surface area (Å²) in [5.74, 6) is -0.235. The minimum atomic E-state index is -0.701. The van der Waals surface area contributed by atoms with Crippen LogP contribution in [0.5, 0.6) is 0 Å². The lowest BCUT2D eigenvalue weighted by Gasteiger charge is -2.46. The monoisotopic (exact) mass is 243 g/mol. The molecule has 1 fully saturated rings. The highest BCUT2D eigenvalue weighted by molar-refractivity contribution is 4.97. The van der Waals surface area contributed by atoms with Crippen molar-refractivity contribution in [2.24, 2.45) is 16.4 Å². The molecule has 1 heterocycles. The summed E-state index contributed by atoms with van der Waals surface area (Å²) in [6.45, 7) is 7.50. The summed E-state index contributed by atoms with van der Waals surface area (Å²) in [4.78, 5) is 2.75. The molecule has 5 unspecified atom stereocenters. The molecule has 6 heteroatoms. The van der Waals surface area contributed by atoms with Gasteiger partial charge in [0.2, 0.25) is 0 Å². The summed E-state index contributed by atoms with van der Waals surface area (Å²) in [6, 6.07) is -0.529. The zero-order valence-corrected chi connectivity index (χ0v) is 10.7. The smallest absolute Gasteiger partial charge is 0.0899 e. The molecule has 1 aliphatic heterocycles. The van der Waals surface area contributed by atoms with Crippen molar-refractivity contribution >= 4 is 0 Å². The zero-order valence-electron chi connectivity index (χ0n) is 10.7. The van der Waals surface area contributed by atoms with E-state index in [0.29, 0.717) is 0 Å². The van der Waals surface area contributed by atoms with E-state index in [2.05, 4.69) is 10.0 Å². The average Bonchev–Trinajstić information content (AvgIpc) is 2.23. The number of aliphatic hydroxyl groups is 2. The molecule has 0 radical (unpaired) electrons. The molecule has 0 aromatic carbocycles. The second kappa shape index (κ2) is 5.23. The fourth-order valence-corrected chi connectivity index (χ4v) is 2.27. The van der Waals surface area contributed by atoms with Crippen LogP contribution in [0.3, 0.4) is 0 Å². The normalized spacial score (nSPS) is 38.6. The molecule has 1 aliphatic rings. The van der Waals surface area contributed by atoms with E-state index < -0.39 is 18.2 Å². The number of rotatable bonds is 2. The summed E-state index contributed by atoms with van der Waals surface area (Å²) in [5, 5.41) is 23.1. The number of hydrogen-bond donors (Lipinski definition) is 2. The summed E-state index contributed by atoms with van der Waals surface area (Å²) in [6.07, 6.45) is -1.62. The molecule has 0 aliphatic carbocycles. The molecule has 17 heavy (non-hydrogen) atoms. The third kappa shape index (κ3) is 2.90. The maximum atomic E-state index is 10.2. The van der Waals surface area contributed by atoms with E-state index in [-0.39, 0.29) is 24.0 Å². The van der Waals surface area contributed by atoms with Crippen molar-refractivity contribution in [1.82, 2.24) is 0 Å². The molecule has 1 saturated heterocycles. The van der Waals surface area contributed by atoms with Gasteiger partial charge in [-0.15, -0.1) is 0 Å². The van der Waals surface area contributed by atoms with Crippen LogP contribution in [-0.4, -0.2) is 41.2 Å². The van der Waals surface area contributed by atoms with Crippen molar-refractivity contribution in [2.75, 3.05) is 6.61 Å². The van der Waals surface area contributed by atoms with Gasteiger partial charge in [0.25, 0.3) is 0 Å². The Morgan fingerprint density at radius 3 is 2.41 bits per heavy atom. The summed E-state index contributed by atoms with van der Waals surface area (Å²) >= 11 is 0. The molecule has 98 valence electrons. The number of azide groups is 1. The first-order chi connectivity index (χ1) is 7.82. The highest BCUT2D eigenvalue weighted by Crippen LogP contribution is 2.36. The third-order valence-electron chi connectivity index (χ3n) is 3.31. The van der Waals surface area contributed by atoms with Gasteiger partial charge in [0.1, 0.15) is 0 Å². The van der Waals surface area contributed by atoms with Gasteiger partial charge in [-0.05, 0) is 16.9 Å². The van der Waals surface area contributed by atoms with Gasteiger partial charge in [-0.3, -0.25) is 0 Å². The molecular weight excluding hydrogens is 222 g/mol. The average molecular weight is 243 g/mol. The lowest BCUT2D eigenvalue weighted by molar-refractivity contribution is -0.194. The molecule has 5 atom stereocenters. The molecular formula is C11H21N3O3. The van der Waals surface area contributed by atoms with Crippen molar-refractivity contribution in [3.63, 3.8) is 0 Å². The van der Waals surface area contributed by atoms with E-state index in [9.17, 15) is 10.2 Å². The SMILES string of the molecule is CC1C(O)C(C(C)(C)C)OC(CO)C1N=[N+]=[N-]. The molecule has 0 aromatic rings. The topological polar surface area (TPSA) is 98.5 Å². The van der Waals surface area contributed by atoms with Gasteiger partial charge in [-0.2, -0.15) is 0 Å². The molecule has 6 nitrogen and oxygen atoms in total. The quantitative estimate of drug-likeness (QED) is 0.436. The maximum absolute atomic E-state index is 10.2. The predicted octanol–water partition coefficient (Wildman–Crippen LogP) is 1.47. The first-order valence-electron chi connectivity index (χ1n) is 5.81. The van der Waals surface area contributed by atoms with Crippen LogP contribution in [0.25, 0.3) is 10.4 Å². The Hall–Kier alpha value is -0.810. The second-order valence-corrected chi connectivity index (χ2v) is 5.69. The van der Waals surface area contributed by atoms with E-state index in [4.69, 9.17) is 10.3 Å². The van der Waals surface area contributed by atoms with Crippen LogP contribution < -0.4 is 0 Å². The predicted molar refractivity (Wildman–Crippen MR) is 63.3 cm³/mol. The molecule has 0 bridgehead atoms. The van der Waals surface area contributed by atoms with Crippen LogP contribution in [0.15, 0.2) is 5.11 Å². The number of hydrogen-bond acceptors (Lipinski definition) is 4. The Morgan fingerprint density at radius 2 is 2.00 bits per heavy atom. The Labute approximate surface area is 101 Å². The van der Waals surface area contributed by atoms with Crippen LogP contribution in [0.1, 0.15) is 27.7 Å². The van der Waals surface area contributed by atoms with E-state index in [1.54, 1.807) is 0 Å². The van der Waals surface area contributed by atoms with Gasteiger partial charge in [-0.1, -0.05) is 32.8 Å². The van der Waals surface area contributed by atoms with Crippen molar-refractivity contribution in [2.45, 2.75) is 52.0 Å². The summed E-state index contributed by atoms with van der Waals surface area (Å²) < 4.78 is 5.68. The van der Waals surface area contributed by atoms with Gasteiger partial charge in [0.15, 0.2) is 0 Å². The first-order valence-corrected chi connectivity index (χ1v) is 5.81. The lowest BCUT2D eigenvalue weighted by atomic mass is 9.76. The Balaban J connectivity index is 2.97. The van der Waals surface area contributed by atoms with Gasteiger partial charge >= 0.3 is 0 Å². The number of ether oxygens (including phenoxy) is 1. The first kappa shape index (κ1) is 14.3. The largest absolute Gasteiger partial charge is 0.394 e. The molecule has 0 aromatic heterocycles. The fourth-order valence-electron chi connectivity index (χ4n) is 2.27. The molecule has 0 saturated carbocycles. The minimum absolute atomic E-state index is 0.215. The lowest BCUT2D eigenvalue weighted by Crippen LogP contribution is -2.57. The van der Waals surface area contributed by atoms with Crippen LogP contribution in [0.4, 0.5) is 0 Å². The van der Waals surface area contributed by atoms with Gasteiger partial charge in [0, 0.05) is 4.91 Å². The maximum Gasteiger partial charge on any atom is 0.0899 e. The minimum Gasteiger partial charge on any atom is -0.394 e. The van der Waals surface area contributed by atoms with E-state index in [0.717, 1.165) is 0 Å². The summed E-state index contributed by atoms with van der Waals surface area (Å²) in [5.41, 5.74) is 8.27. The van der Waals surface area contributed by atoms with Crippen LogP contribution >= 0.6 is 0 Å². The summed E-state index contributed by atoms with van der Waals surface area (Å²) in [7, 11) is 0.